The van der Waals surface area contributed by atoms with Gasteiger partial charge in [0.25, 0.3) is 0 Å². The second-order valence-corrected chi connectivity index (χ2v) is 3.80. The van der Waals surface area contributed by atoms with Crippen LogP contribution in [-0.2, 0) is 0 Å². The average molecular weight is 247 g/mol. The summed E-state index contributed by atoms with van der Waals surface area (Å²) in [5, 5.41) is 12.1. The fraction of sp³-hybridized carbons (Fsp3) is 0.0833. The number of anilines is 1. The summed E-state index contributed by atoms with van der Waals surface area (Å²) < 4.78 is 0. The minimum Gasteiger partial charge on any atom is -0.260 e. The van der Waals surface area contributed by atoms with E-state index in [1.54, 1.807) is 12.1 Å². The Kier molecular flexibility index (Phi) is 3.67. The first-order valence-corrected chi connectivity index (χ1v) is 5.48. The molecule has 0 amide bonds. The molecule has 2 rings (SSSR count). The molecule has 5 heteroatoms. The first-order chi connectivity index (χ1) is 8.25. The molecule has 86 valence electrons. The van der Waals surface area contributed by atoms with Crippen molar-refractivity contribution in [2.45, 2.75) is 6.92 Å². The zero-order valence-corrected chi connectivity index (χ0v) is 10.0. The number of aromatic nitrogens is 2. The molecule has 0 aliphatic carbocycles. The van der Waals surface area contributed by atoms with E-state index in [1.165, 1.54) is 0 Å². The van der Waals surface area contributed by atoms with Gasteiger partial charge in [0.15, 0.2) is 11.0 Å². The van der Waals surface area contributed by atoms with Crippen molar-refractivity contribution in [3.8, 4) is 0 Å². The molecule has 0 aliphatic rings. The highest BCUT2D eigenvalue weighted by Crippen LogP contribution is 2.07. The quantitative estimate of drug-likeness (QED) is 0.669. The lowest BCUT2D eigenvalue weighted by molar-refractivity contribution is 1.02. The number of nitrogens with one attached hydrogen (secondary N) is 1. The second kappa shape index (κ2) is 5.41. The number of hydrogen-bond acceptors (Lipinski definition) is 4. The third kappa shape index (κ3) is 3.26. The molecule has 0 aliphatic heterocycles. The van der Waals surface area contributed by atoms with Gasteiger partial charge in [0, 0.05) is 0 Å². The van der Waals surface area contributed by atoms with E-state index in [2.05, 4.69) is 20.7 Å². The average Bonchev–Trinajstić information content (AvgIpc) is 2.39. The summed E-state index contributed by atoms with van der Waals surface area (Å²) in [6, 6.07) is 13.3. The van der Waals surface area contributed by atoms with Crippen LogP contribution >= 0.6 is 11.6 Å². The van der Waals surface area contributed by atoms with E-state index < -0.39 is 0 Å². The van der Waals surface area contributed by atoms with Crippen molar-refractivity contribution in [3.05, 3.63) is 53.2 Å². The van der Waals surface area contributed by atoms with Crippen LogP contribution in [0.4, 0.5) is 5.82 Å². The van der Waals surface area contributed by atoms with Gasteiger partial charge in [-0.3, -0.25) is 5.43 Å². The van der Waals surface area contributed by atoms with Crippen LogP contribution in [0.25, 0.3) is 0 Å². The van der Waals surface area contributed by atoms with Crippen LogP contribution in [0.5, 0.6) is 0 Å². The molecule has 0 unspecified atom stereocenters. The maximum atomic E-state index is 5.63. The number of halogens is 1. The second-order valence-electron chi connectivity index (χ2n) is 3.42. The first-order valence-electron chi connectivity index (χ1n) is 5.10. The smallest absolute Gasteiger partial charge is 0.168 e. The molecular formula is C12H11ClN4. The van der Waals surface area contributed by atoms with Crippen molar-refractivity contribution in [1.29, 1.82) is 0 Å². The molecule has 0 radical (unpaired) electrons. The molecule has 0 atom stereocenters. The van der Waals surface area contributed by atoms with Crippen molar-refractivity contribution in [2.75, 3.05) is 5.43 Å². The topological polar surface area (TPSA) is 50.2 Å². The van der Waals surface area contributed by atoms with Gasteiger partial charge in [-0.15, -0.1) is 10.2 Å². The molecule has 0 saturated carbocycles. The SMILES string of the molecule is C/C(=N\Nc1ccc(Cl)nn1)c1ccccc1. The summed E-state index contributed by atoms with van der Waals surface area (Å²) >= 11 is 5.63. The Hall–Kier alpha value is -1.94. The van der Waals surface area contributed by atoms with Crippen molar-refractivity contribution in [2.24, 2.45) is 5.10 Å². The van der Waals surface area contributed by atoms with E-state index in [9.17, 15) is 0 Å². The third-order valence-electron chi connectivity index (χ3n) is 2.16. The number of nitrogens with zero attached hydrogens (tertiary/aromatic N) is 3. The van der Waals surface area contributed by atoms with E-state index >= 15 is 0 Å². The lowest BCUT2D eigenvalue weighted by Gasteiger charge is -2.02. The molecule has 4 nitrogen and oxygen atoms in total. The van der Waals surface area contributed by atoms with E-state index in [-0.39, 0.29) is 0 Å². The Morgan fingerprint density at radius 1 is 1.12 bits per heavy atom. The van der Waals surface area contributed by atoms with E-state index in [0.717, 1.165) is 11.3 Å². The maximum absolute atomic E-state index is 5.63. The Morgan fingerprint density at radius 2 is 1.88 bits per heavy atom. The van der Waals surface area contributed by atoms with Crippen LogP contribution in [0.2, 0.25) is 5.15 Å². The number of rotatable bonds is 3. The van der Waals surface area contributed by atoms with E-state index in [1.807, 2.05) is 37.3 Å². The van der Waals surface area contributed by atoms with Gasteiger partial charge in [0.05, 0.1) is 5.71 Å². The highest BCUT2D eigenvalue weighted by molar-refractivity contribution is 6.29. The molecule has 1 N–H and O–H groups in total. The lowest BCUT2D eigenvalue weighted by atomic mass is 10.1. The van der Waals surface area contributed by atoms with Crippen molar-refractivity contribution in [3.63, 3.8) is 0 Å². The minimum atomic E-state index is 0.360. The summed E-state index contributed by atoms with van der Waals surface area (Å²) in [6.07, 6.45) is 0. The van der Waals surface area contributed by atoms with Gasteiger partial charge in [0.2, 0.25) is 0 Å². The van der Waals surface area contributed by atoms with Gasteiger partial charge in [-0.05, 0) is 24.6 Å². The minimum absolute atomic E-state index is 0.360. The Morgan fingerprint density at radius 3 is 2.53 bits per heavy atom. The lowest BCUT2D eigenvalue weighted by Crippen LogP contribution is -2.01. The van der Waals surface area contributed by atoms with Crippen LogP contribution < -0.4 is 5.43 Å². The van der Waals surface area contributed by atoms with Crippen LogP contribution in [0.1, 0.15) is 12.5 Å². The summed E-state index contributed by atoms with van der Waals surface area (Å²) in [5.41, 5.74) is 4.76. The Balaban J connectivity index is 2.08. The van der Waals surface area contributed by atoms with Crippen LogP contribution in [-0.4, -0.2) is 15.9 Å². The summed E-state index contributed by atoms with van der Waals surface area (Å²) in [4.78, 5) is 0. The Labute approximate surface area is 104 Å². The fourth-order valence-corrected chi connectivity index (χ4v) is 1.36. The van der Waals surface area contributed by atoms with Gasteiger partial charge in [-0.1, -0.05) is 41.9 Å². The maximum Gasteiger partial charge on any atom is 0.168 e. The van der Waals surface area contributed by atoms with Crippen LogP contribution in [0.3, 0.4) is 0 Å². The van der Waals surface area contributed by atoms with Gasteiger partial charge < -0.3 is 0 Å². The van der Waals surface area contributed by atoms with Gasteiger partial charge in [-0.25, -0.2) is 0 Å². The molecule has 0 fully saturated rings. The number of hydrazone groups is 1. The third-order valence-corrected chi connectivity index (χ3v) is 2.36. The highest BCUT2D eigenvalue weighted by Gasteiger charge is 1.97. The van der Waals surface area contributed by atoms with Gasteiger partial charge >= 0.3 is 0 Å². The predicted octanol–water partition coefficient (Wildman–Crippen LogP) is 2.97. The predicted molar refractivity (Wildman–Crippen MR) is 69.3 cm³/mol. The molecule has 0 bridgehead atoms. The molecule has 0 spiro atoms. The molecule has 1 heterocycles. The first kappa shape index (κ1) is 11.5. The summed E-state index contributed by atoms with van der Waals surface area (Å²) in [6.45, 7) is 1.92. The largest absolute Gasteiger partial charge is 0.260 e. The van der Waals surface area contributed by atoms with Crippen LogP contribution in [0.15, 0.2) is 47.6 Å². The Bertz CT molecular complexity index is 508. The van der Waals surface area contributed by atoms with E-state index in [0.29, 0.717) is 11.0 Å². The summed E-state index contributed by atoms with van der Waals surface area (Å²) in [5.74, 6) is 0.560. The van der Waals surface area contributed by atoms with Crippen molar-refractivity contribution in [1.82, 2.24) is 10.2 Å². The molecule has 17 heavy (non-hydrogen) atoms. The van der Waals surface area contributed by atoms with Gasteiger partial charge in [-0.2, -0.15) is 5.10 Å². The van der Waals surface area contributed by atoms with Gasteiger partial charge in [0.1, 0.15) is 0 Å². The van der Waals surface area contributed by atoms with Crippen molar-refractivity contribution < 1.29 is 0 Å². The highest BCUT2D eigenvalue weighted by atomic mass is 35.5. The summed E-state index contributed by atoms with van der Waals surface area (Å²) in [7, 11) is 0. The molecular weight excluding hydrogens is 236 g/mol. The van der Waals surface area contributed by atoms with E-state index in [4.69, 9.17) is 11.6 Å². The zero-order valence-electron chi connectivity index (χ0n) is 9.26. The normalized spacial score (nSPS) is 11.3. The molecule has 1 aromatic heterocycles. The van der Waals surface area contributed by atoms with Crippen LogP contribution in [0, 0.1) is 0 Å². The fourth-order valence-electron chi connectivity index (χ4n) is 1.26. The monoisotopic (exact) mass is 246 g/mol. The zero-order chi connectivity index (χ0) is 12.1. The number of hydrogen-bond donors (Lipinski definition) is 1. The van der Waals surface area contributed by atoms with Crippen molar-refractivity contribution >= 4 is 23.1 Å². The molecule has 1 aromatic carbocycles. The molecule has 0 saturated heterocycles. The molecule has 2 aromatic rings. The standard InChI is InChI=1S/C12H11ClN4/c1-9(10-5-3-2-4-6-10)14-16-12-8-7-11(13)15-17-12/h2-8H,1H3,(H,16,17)/b14-9+. The number of benzene rings is 1.